The van der Waals surface area contributed by atoms with Gasteiger partial charge >= 0.3 is 0 Å². The lowest BCUT2D eigenvalue weighted by molar-refractivity contribution is 0.218. The zero-order valence-electron chi connectivity index (χ0n) is 11.1. The van der Waals surface area contributed by atoms with Crippen molar-refractivity contribution in [3.8, 4) is 0 Å². The van der Waals surface area contributed by atoms with Crippen molar-refractivity contribution in [3.05, 3.63) is 35.4 Å². The van der Waals surface area contributed by atoms with Crippen molar-refractivity contribution in [2.45, 2.75) is 31.6 Å². The van der Waals surface area contributed by atoms with E-state index in [0.29, 0.717) is 5.92 Å². The lowest BCUT2D eigenvalue weighted by Crippen LogP contribution is -2.22. The van der Waals surface area contributed by atoms with Gasteiger partial charge in [-0.05, 0) is 37.1 Å². The number of hydrogen-bond acceptors (Lipinski definition) is 2. The van der Waals surface area contributed by atoms with Crippen LogP contribution in [0, 0.1) is 0 Å². The van der Waals surface area contributed by atoms with Crippen LogP contribution in [0.1, 0.15) is 37.3 Å². The van der Waals surface area contributed by atoms with Gasteiger partial charge in [-0.3, -0.25) is 0 Å². The van der Waals surface area contributed by atoms with E-state index in [1.807, 2.05) is 0 Å². The van der Waals surface area contributed by atoms with E-state index in [4.69, 9.17) is 0 Å². The second-order valence-corrected chi connectivity index (χ2v) is 5.92. The molecule has 1 N–H and O–H groups in total. The van der Waals surface area contributed by atoms with Crippen molar-refractivity contribution in [3.63, 3.8) is 0 Å². The molecule has 94 valence electrons. The van der Waals surface area contributed by atoms with Gasteiger partial charge < -0.3 is 10.0 Å². The molecule has 0 spiro atoms. The van der Waals surface area contributed by atoms with Crippen molar-refractivity contribution >= 4 is 0 Å². The fourth-order valence-corrected chi connectivity index (χ4v) is 2.51. The molecule has 2 heteroatoms. The first-order chi connectivity index (χ1) is 8.03. The zero-order chi connectivity index (χ0) is 12.5. The summed E-state index contributed by atoms with van der Waals surface area (Å²) in [5, 5.41) is 9.44. The molecule has 17 heavy (non-hydrogen) atoms. The van der Waals surface area contributed by atoms with Gasteiger partial charge in [0.25, 0.3) is 0 Å². The van der Waals surface area contributed by atoms with Gasteiger partial charge in [0.05, 0.1) is 6.61 Å². The van der Waals surface area contributed by atoms with E-state index in [1.165, 1.54) is 24.1 Å². The maximum absolute atomic E-state index is 9.44. The minimum Gasteiger partial charge on any atom is -0.395 e. The summed E-state index contributed by atoms with van der Waals surface area (Å²) in [6.45, 7) is 6.72. The molecule has 0 aliphatic carbocycles. The van der Waals surface area contributed by atoms with Crippen LogP contribution in [0.2, 0.25) is 0 Å². The lowest BCUT2D eigenvalue weighted by atomic mass is 9.83. The third-order valence-electron chi connectivity index (χ3n) is 3.93. The monoisotopic (exact) mass is 233 g/mol. The smallest absolute Gasteiger partial charge is 0.0522 e. The Morgan fingerprint density at radius 3 is 2.76 bits per heavy atom. The van der Waals surface area contributed by atoms with Crippen LogP contribution in [0.5, 0.6) is 0 Å². The highest BCUT2D eigenvalue weighted by molar-refractivity contribution is 5.32. The van der Waals surface area contributed by atoms with Gasteiger partial charge in [0, 0.05) is 12.0 Å². The van der Waals surface area contributed by atoms with Crippen LogP contribution in [0.3, 0.4) is 0 Å². The van der Waals surface area contributed by atoms with Gasteiger partial charge in [0.15, 0.2) is 0 Å². The largest absolute Gasteiger partial charge is 0.395 e. The molecule has 1 saturated heterocycles. The third kappa shape index (κ3) is 2.70. The number of likely N-dealkylation sites (tertiary alicyclic amines) is 1. The van der Waals surface area contributed by atoms with Crippen LogP contribution in [0.15, 0.2) is 24.3 Å². The number of hydrogen-bond donors (Lipinski definition) is 1. The van der Waals surface area contributed by atoms with Crippen LogP contribution in [-0.4, -0.2) is 36.8 Å². The average molecular weight is 233 g/mol. The molecule has 2 nitrogen and oxygen atoms in total. The van der Waals surface area contributed by atoms with Crippen LogP contribution in [0.25, 0.3) is 0 Å². The molecule has 0 bridgehead atoms. The number of aliphatic hydroxyl groups is 1. The highest BCUT2D eigenvalue weighted by Gasteiger charge is 2.24. The topological polar surface area (TPSA) is 23.5 Å². The molecule has 1 atom stereocenters. The van der Waals surface area contributed by atoms with E-state index in [1.54, 1.807) is 0 Å². The molecule has 0 aromatic heterocycles. The second-order valence-electron chi connectivity index (χ2n) is 5.92. The van der Waals surface area contributed by atoms with E-state index in [0.717, 1.165) is 6.54 Å². The van der Waals surface area contributed by atoms with Crippen molar-refractivity contribution in [1.29, 1.82) is 0 Å². The fraction of sp³-hybridized carbons (Fsp3) is 0.600. The van der Waals surface area contributed by atoms with E-state index < -0.39 is 0 Å². The first kappa shape index (κ1) is 12.6. The Labute approximate surface area is 104 Å². The Morgan fingerprint density at radius 1 is 1.41 bits per heavy atom. The molecular weight excluding hydrogens is 210 g/mol. The molecule has 0 radical (unpaired) electrons. The molecule has 1 aliphatic heterocycles. The van der Waals surface area contributed by atoms with Gasteiger partial charge in [-0.25, -0.2) is 0 Å². The normalized spacial score (nSPS) is 22.0. The van der Waals surface area contributed by atoms with E-state index in [9.17, 15) is 5.11 Å². The number of nitrogens with zero attached hydrogens (tertiary/aromatic N) is 1. The molecule has 0 amide bonds. The van der Waals surface area contributed by atoms with E-state index in [2.05, 4.69) is 50.1 Å². The van der Waals surface area contributed by atoms with Crippen LogP contribution in [0.4, 0.5) is 0 Å². The summed E-state index contributed by atoms with van der Waals surface area (Å²) < 4.78 is 0. The Balaban J connectivity index is 2.23. The van der Waals surface area contributed by atoms with Gasteiger partial charge in [0.1, 0.15) is 0 Å². The quantitative estimate of drug-likeness (QED) is 0.866. The number of likely N-dealkylation sites (N-methyl/N-ethyl adjacent to an activating group) is 1. The predicted octanol–water partition coefficient (Wildman–Crippen LogP) is 2.38. The fourth-order valence-electron chi connectivity index (χ4n) is 2.51. The van der Waals surface area contributed by atoms with E-state index >= 15 is 0 Å². The first-order valence-electron chi connectivity index (χ1n) is 6.43. The maximum atomic E-state index is 9.44. The Hall–Kier alpha value is -0.860. The molecule has 1 aromatic carbocycles. The number of benzene rings is 1. The van der Waals surface area contributed by atoms with Crippen molar-refractivity contribution in [1.82, 2.24) is 4.90 Å². The summed E-state index contributed by atoms with van der Waals surface area (Å²) in [6, 6.07) is 8.75. The first-order valence-corrected chi connectivity index (χ1v) is 6.43. The summed E-state index contributed by atoms with van der Waals surface area (Å²) in [4.78, 5) is 2.38. The minimum absolute atomic E-state index is 0.138. The summed E-state index contributed by atoms with van der Waals surface area (Å²) in [7, 11) is 2.18. The summed E-state index contributed by atoms with van der Waals surface area (Å²) >= 11 is 0. The predicted molar refractivity (Wildman–Crippen MR) is 71.4 cm³/mol. The minimum atomic E-state index is -0.138. The van der Waals surface area contributed by atoms with E-state index in [-0.39, 0.29) is 12.0 Å². The van der Waals surface area contributed by atoms with Crippen LogP contribution in [-0.2, 0) is 5.41 Å². The van der Waals surface area contributed by atoms with Gasteiger partial charge in [-0.1, -0.05) is 38.1 Å². The highest BCUT2D eigenvalue weighted by atomic mass is 16.3. The van der Waals surface area contributed by atoms with Gasteiger partial charge in [0.2, 0.25) is 0 Å². The zero-order valence-corrected chi connectivity index (χ0v) is 11.1. The van der Waals surface area contributed by atoms with Gasteiger partial charge in [-0.15, -0.1) is 0 Å². The molecule has 2 rings (SSSR count). The summed E-state index contributed by atoms with van der Waals surface area (Å²) in [5.41, 5.74) is 2.53. The SMILES string of the molecule is CN1CCC(c2cccc(C(C)(C)CO)c2)C1. The molecule has 1 heterocycles. The molecule has 0 saturated carbocycles. The Morgan fingerprint density at radius 2 is 2.18 bits per heavy atom. The third-order valence-corrected chi connectivity index (χ3v) is 3.93. The van der Waals surface area contributed by atoms with Crippen molar-refractivity contribution in [2.75, 3.05) is 26.7 Å². The average Bonchev–Trinajstić information content (AvgIpc) is 2.76. The molecule has 1 unspecified atom stereocenters. The number of aliphatic hydroxyl groups excluding tert-OH is 1. The number of rotatable bonds is 3. The van der Waals surface area contributed by atoms with Crippen LogP contribution < -0.4 is 0 Å². The van der Waals surface area contributed by atoms with Crippen molar-refractivity contribution < 1.29 is 5.11 Å². The standard InChI is InChI=1S/C15H23NO/c1-15(2,11-17)14-6-4-5-12(9-14)13-7-8-16(3)10-13/h4-6,9,13,17H,7-8,10-11H2,1-3H3. The molecule has 1 aromatic rings. The lowest BCUT2D eigenvalue weighted by Gasteiger charge is -2.23. The Bertz CT molecular complexity index is 386. The molecule has 1 aliphatic rings. The van der Waals surface area contributed by atoms with Crippen LogP contribution >= 0.6 is 0 Å². The summed E-state index contributed by atoms with van der Waals surface area (Å²) in [6.07, 6.45) is 1.25. The maximum Gasteiger partial charge on any atom is 0.0522 e. The summed E-state index contributed by atoms with van der Waals surface area (Å²) in [5.74, 6) is 0.662. The van der Waals surface area contributed by atoms with Crippen molar-refractivity contribution in [2.24, 2.45) is 0 Å². The highest BCUT2D eigenvalue weighted by Crippen LogP contribution is 2.30. The Kier molecular flexibility index (Phi) is 3.55. The van der Waals surface area contributed by atoms with Gasteiger partial charge in [-0.2, -0.15) is 0 Å². The second kappa shape index (κ2) is 4.79. The molecular formula is C15H23NO. The molecule has 1 fully saturated rings.